The largest absolute Gasteiger partial charge is 0.349 e. The number of hydrogen-bond donors (Lipinski definition) is 1. The van der Waals surface area contributed by atoms with E-state index >= 15 is 0 Å². The Labute approximate surface area is 140 Å². The van der Waals surface area contributed by atoms with Crippen LogP contribution in [0.5, 0.6) is 0 Å². The first-order valence-corrected chi connectivity index (χ1v) is 8.79. The van der Waals surface area contributed by atoms with E-state index in [-0.39, 0.29) is 5.91 Å². The molecule has 1 aliphatic rings. The number of carbonyl (C=O) groups excluding carboxylic acids is 1. The van der Waals surface area contributed by atoms with Gasteiger partial charge >= 0.3 is 0 Å². The van der Waals surface area contributed by atoms with Gasteiger partial charge in [-0.15, -0.1) is 11.3 Å². The topological polar surface area (TPSA) is 46.9 Å². The van der Waals surface area contributed by atoms with Gasteiger partial charge in [0, 0.05) is 15.9 Å². The number of amides is 1. The fourth-order valence-electron chi connectivity index (χ4n) is 2.40. The molecule has 1 amide bonds. The van der Waals surface area contributed by atoms with Gasteiger partial charge in [-0.2, -0.15) is 5.10 Å². The Hall–Kier alpha value is -1.66. The summed E-state index contributed by atoms with van der Waals surface area (Å²) in [6, 6.07) is 10.3. The molecule has 2 aromatic heterocycles. The second-order valence-electron chi connectivity index (χ2n) is 5.55. The number of halogens is 1. The van der Waals surface area contributed by atoms with Crippen molar-refractivity contribution in [2.24, 2.45) is 0 Å². The number of thiophene rings is 1. The molecule has 4 nitrogen and oxygen atoms in total. The molecule has 1 aromatic carbocycles. The first kappa shape index (κ1) is 14.0. The van der Waals surface area contributed by atoms with E-state index in [4.69, 9.17) is 0 Å². The van der Waals surface area contributed by atoms with Crippen LogP contribution in [0.4, 0.5) is 0 Å². The highest BCUT2D eigenvalue weighted by molar-refractivity contribution is 9.10. The highest BCUT2D eigenvalue weighted by Gasteiger charge is 2.25. The zero-order valence-corrected chi connectivity index (χ0v) is 14.4. The molecule has 0 bridgehead atoms. The van der Waals surface area contributed by atoms with E-state index in [1.54, 1.807) is 0 Å². The van der Waals surface area contributed by atoms with Gasteiger partial charge in [0.1, 0.15) is 4.83 Å². The van der Waals surface area contributed by atoms with Crippen LogP contribution < -0.4 is 5.32 Å². The molecule has 0 spiro atoms. The van der Waals surface area contributed by atoms with E-state index in [1.807, 2.05) is 41.9 Å². The first-order chi connectivity index (χ1) is 10.6. The summed E-state index contributed by atoms with van der Waals surface area (Å²) in [5, 5.41) is 8.70. The fraction of sp³-hybridized carbons (Fsp3) is 0.250. The molecule has 0 unspecified atom stereocenters. The van der Waals surface area contributed by atoms with Crippen LogP contribution >= 0.6 is 27.3 Å². The minimum atomic E-state index is 0.0328. The van der Waals surface area contributed by atoms with Crippen LogP contribution in [0.3, 0.4) is 0 Å². The third-order valence-corrected chi connectivity index (χ3v) is 5.39. The number of carbonyl (C=O) groups is 1. The number of hydrogen-bond acceptors (Lipinski definition) is 3. The van der Waals surface area contributed by atoms with Crippen molar-refractivity contribution in [1.29, 1.82) is 0 Å². The molecule has 1 aliphatic carbocycles. The molecular weight excluding hydrogens is 362 g/mol. The fourth-order valence-corrected chi connectivity index (χ4v) is 3.75. The zero-order valence-electron chi connectivity index (χ0n) is 12.0. The van der Waals surface area contributed by atoms with E-state index in [0.717, 1.165) is 43.8 Å². The zero-order chi connectivity index (χ0) is 15.3. The van der Waals surface area contributed by atoms with Crippen LogP contribution in [0.1, 0.15) is 28.2 Å². The highest BCUT2D eigenvalue weighted by Crippen LogP contribution is 2.31. The number of benzene rings is 1. The van der Waals surface area contributed by atoms with Gasteiger partial charge in [0.05, 0.1) is 16.3 Å². The van der Waals surface area contributed by atoms with Crippen LogP contribution in [-0.4, -0.2) is 21.7 Å². The van der Waals surface area contributed by atoms with Gasteiger partial charge in [-0.25, -0.2) is 4.68 Å². The Bertz CT molecular complexity index is 862. The third kappa shape index (κ3) is 2.46. The van der Waals surface area contributed by atoms with Crippen molar-refractivity contribution in [1.82, 2.24) is 15.1 Å². The monoisotopic (exact) mass is 375 g/mol. The van der Waals surface area contributed by atoms with Gasteiger partial charge < -0.3 is 5.32 Å². The van der Waals surface area contributed by atoms with Gasteiger partial charge in [0.2, 0.25) is 0 Å². The minimum Gasteiger partial charge on any atom is -0.349 e. The van der Waals surface area contributed by atoms with E-state index in [2.05, 4.69) is 26.3 Å². The molecule has 4 rings (SSSR count). The molecule has 6 heteroatoms. The molecule has 112 valence electrons. The average Bonchev–Trinajstić information content (AvgIpc) is 3.11. The van der Waals surface area contributed by atoms with Crippen molar-refractivity contribution in [3.63, 3.8) is 0 Å². The lowest BCUT2D eigenvalue weighted by molar-refractivity contribution is 0.0955. The van der Waals surface area contributed by atoms with Crippen LogP contribution in [0.25, 0.3) is 15.9 Å². The number of nitrogens with one attached hydrogen (secondary N) is 1. The Morgan fingerprint density at radius 2 is 2.09 bits per heavy atom. The molecule has 0 saturated heterocycles. The summed E-state index contributed by atoms with van der Waals surface area (Å²) in [5.41, 5.74) is 1.94. The molecule has 3 aromatic rings. The van der Waals surface area contributed by atoms with Crippen LogP contribution in [0, 0.1) is 6.92 Å². The number of fused-ring (bicyclic) bond motifs is 1. The number of aryl methyl sites for hydroxylation is 1. The molecule has 1 saturated carbocycles. The smallest absolute Gasteiger partial charge is 0.261 e. The molecule has 0 atom stereocenters. The third-order valence-electron chi connectivity index (χ3n) is 3.75. The predicted octanol–water partition coefficient (Wildman–Crippen LogP) is 4.05. The average molecular weight is 376 g/mol. The summed E-state index contributed by atoms with van der Waals surface area (Å²) in [5.74, 6) is 0.0328. The van der Waals surface area contributed by atoms with Gasteiger partial charge in [-0.1, -0.05) is 15.9 Å². The lowest BCUT2D eigenvalue weighted by Gasteiger charge is -2.02. The Morgan fingerprint density at radius 3 is 2.77 bits per heavy atom. The van der Waals surface area contributed by atoms with Gasteiger partial charge in [-0.3, -0.25) is 4.79 Å². The van der Waals surface area contributed by atoms with Gasteiger partial charge in [0.15, 0.2) is 0 Å². The van der Waals surface area contributed by atoms with Crippen molar-refractivity contribution >= 4 is 43.4 Å². The quantitative estimate of drug-likeness (QED) is 0.750. The first-order valence-electron chi connectivity index (χ1n) is 7.18. The summed E-state index contributed by atoms with van der Waals surface area (Å²) >= 11 is 4.94. The predicted molar refractivity (Wildman–Crippen MR) is 91.9 cm³/mol. The Balaban J connectivity index is 1.77. The van der Waals surface area contributed by atoms with E-state index in [0.29, 0.717) is 6.04 Å². The van der Waals surface area contributed by atoms with E-state index < -0.39 is 0 Å². The maximum absolute atomic E-state index is 12.2. The minimum absolute atomic E-state index is 0.0328. The van der Waals surface area contributed by atoms with Crippen molar-refractivity contribution < 1.29 is 4.79 Å². The Morgan fingerprint density at radius 1 is 1.36 bits per heavy atom. The summed E-state index contributed by atoms with van der Waals surface area (Å²) in [6.45, 7) is 1.98. The molecule has 0 radical (unpaired) electrons. The molecule has 1 N–H and O–H groups in total. The van der Waals surface area contributed by atoms with Crippen molar-refractivity contribution in [2.45, 2.75) is 25.8 Å². The van der Waals surface area contributed by atoms with E-state index in [1.165, 1.54) is 11.3 Å². The summed E-state index contributed by atoms with van der Waals surface area (Å²) in [6.07, 6.45) is 2.20. The van der Waals surface area contributed by atoms with Crippen LogP contribution in [-0.2, 0) is 0 Å². The highest BCUT2D eigenvalue weighted by atomic mass is 79.9. The summed E-state index contributed by atoms with van der Waals surface area (Å²) in [7, 11) is 0. The molecular formula is C16H14BrN3OS. The van der Waals surface area contributed by atoms with Gasteiger partial charge in [0.25, 0.3) is 5.91 Å². The summed E-state index contributed by atoms with van der Waals surface area (Å²) in [4.78, 5) is 14.0. The Kier molecular flexibility index (Phi) is 3.31. The number of aromatic nitrogens is 2. The lowest BCUT2D eigenvalue weighted by Crippen LogP contribution is -2.24. The maximum atomic E-state index is 12.2. The second kappa shape index (κ2) is 5.21. The lowest BCUT2D eigenvalue weighted by atomic mass is 10.3. The second-order valence-corrected chi connectivity index (χ2v) is 7.50. The van der Waals surface area contributed by atoms with Crippen LogP contribution in [0.2, 0.25) is 0 Å². The van der Waals surface area contributed by atoms with Gasteiger partial charge in [-0.05, 0) is 50.1 Å². The van der Waals surface area contributed by atoms with Crippen molar-refractivity contribution in [3.8, 4) is 5.69 Å². The molecule has 22 heavy (non-hydrogen) atoms. The maximum Gasteiger partial charge on any atom is 0.261 e. The normalized spacial score (nSPS) is 14.5. The molecule has 0 aliphatic heterocycles. The standard InChI is InChI=1S/C16H14BrN3OS/c1-9-13-8-14(15(21)18-11-4-5-11)22-16(13)20(19-9)12-6-2-10(17)3-7-12/h2-3,6-8,11H,4-5H2,1H3,(H,18,21). The van der Waals surface area contributed by atoms with Crippen molar-refractivity contribution in [2.75, 3.05) is 0 Å². The molecule has 2 heterocycles. The summed E-state index contributed by atoms with van der Waals surface area (Å²) < 4.78 is 2.95. The number of nitrogens with zero attached hydrogens (tertiary/aromatic N) is 2. The van der Waals surface area contributed by atoms with E-state index in [9.17, 15) is 4.79 Å². The SMILES string of the molecule is Cc1nn(-c2ccc(Br)cc2)c2sc(C(=O)NC3CC3)cc12. The van der Waals surface area contributed by atoms with Crippen molar-refractivity contribution in [3.05, 3.63) is 45.4 Å². The van der Waals surface area contributed by atoms with Crippen LogP contribution in [0.15, 0.2) is 34.8 Å². The molecule has 1 fully saturated rings. The number of rotatable bonds is 3.